The lowest BCUT2D eigenvalue weighted by Gasteiger charge is -2.01. The highest BCUT2D eigenvalue weighted by Crippen LogP contribution is 2.28. The number of hydrogen-bond acceptors (Lipinski definition) is 2. The minimum absolute atomic E-state index is 0.383. The smallest absolute Gasteiger partial charge is 0.343 e. The highest BCUT2D eigenvalue weighted by Gasteiger charge is 2.21. The van der Waals surface area contributed by atoms with Gasteiger partial charge in [0.15, 0.2) is 0 Å². The van der Waals surface area contributed by atoms with Gasteiger partial charge >= 0.3 is 5.97 Å². The molecule has 0 saturated heterocycles. The largest absolute Gasteiger partial charge is 0.422 e. The molecule has 0 aliphatic carbocycles. The van der Waals surface area contributed by atoms with Gasteiger partial charge in [-0.25, -0.2) is 4.79 Å². The molecule has 0 spiro atoms. The van der Waals surface area contributed by atoms with Crippen LogP contribution in [0.25, 0.3) is 11.8 Å². The van der Waals surface area contributed by atoms with Gasteiger partial charge in [0.2, 0.25) is 0 Å². The number of carbonyl (C=O) groups is 1. The van der Waals surface area contributed by atoms with Gasteiger partial charge in [-0.1, -0.05) is 53.0 Å². The SMILES string of the molecule is Cc1ccc(C2=C/C(=C\c3cc(Cl)cc(Cl)c3)C(=O)O2)cc1. The Balaban J connectivity index is 1.95. The minimum atomic E-state index is -0.383. The van der Waals surface area contributed by atoms with Gasteiger partial charge < -0.3 is 4.74 Å². The van der Waals surface area contributed by atoms with Crippen molar-refractivity contribution in [3.8, 4) is 0 Å². The van der Waals surface area contributed by atoms with E-state index < -0.39 is 0 Å². The molecule has 0 amide bonds. The summed E-state index contributed by atoms with van der Waals surface area (Å²) in [4.78, 5) is 12.0. The topological polar surface area (TPSA) is 26.3 Å². The molecule has 2 aromatic carbocycles. The maximum absolute atomic E-state index is 12.0. The third-order valence-corrected chi connectivity index (χ3v) is 3.70. The van der Waals surface area contributed by atoms with Crippen LogP contribution in [0.5, 0.6) is 0 Å². The van der Waals surface area contributed by atoms with E-state index in [0.29, 0.717) is 21.4 Å². The fourth-order valence-electron chi connectivity index (χ4n) is 2.19. The molecule has 0 radical (unpaired) electrons. The van der Waals surface area contributed by atoms with E-state index in [2.05, 4.69) is 0 Å². The molecule has 4 heteroatoms. The first-order valence-electron chi connectivity index (χ1n) is 6.70. The van der Waals surface area contributed by atoms with Gasteiger partial charge in [0.1, 0.15) is 5.76 Å². The molecule has 0 bridgehead atoms. The Bertz CT molecular complexity index is 782. The highest BCUT2D eigenvalue weighted by atomic mass is 35.5. The summed E-state index contributed by atoms with van der Waals surface area (Å²) in [7, 11) is 0. The molecule has 1 aliphatic rings. The second-order valence-electron chi connectivity index (χ2n) is 5.07. The second-order valence-corrected chi connectivity index (χ2v) is 5.94. The predicted molar refractivity (Wildman–Crippen MR) is 89.7 cm³/mol. The molecule has 22 heavy (non-hydrogen) atoms. The Morgan fingerprint density at radius 2 is 1.64 bits per heavy atom. The lowest BCUT2D eigenvalue weighted by Crippen LogP contribution is -1.97. The molecule has 1 aliphatic heterocycles. The number of ether oxygens (including phenoxy) is 1. The van der Waals surface area contributed by atoms with Crippen LogP contribution in [-0.2, 0) is 9.53 Å². The first-order valence-corrected chi connectivity index (χ1v) is 7.45. The zero-order valence-corrected chi connectivity index (χ0v) is 13.3. The maximum Gasteiger partial charge on any atom is 0.343 e. The van der Waals surface area contributed by atoms with Crippen LogP contribution < -0.4 is 0 Å². The summed E-state index contributed by atoms with van der Waals surface area (Å²) in [6.45, 7) is 2.01. The number of rotatable bonds is 2. The number of hydrogen-bond donors (Lipinski definition) is 0. The van der Waals surface area contributed by atoms with Gasteiger partial charge in [0.05, 0.1) is 5.57 Å². The Kier molecular flexibility index (Phi) is 4.06. The van der Waals surface area contributed by atoms with E-state index in [0.717, 1.165) is 16.7 Å². The zero-order valence-electron chi connectivity index (χ0n) is 11.8. The average Bonchev–Trinajstić information content (AvgIpc) is 2.80. The van der Waals surface area contributed by atoms with Crippen LogP contribution in [0, 0.1) is 6.92 Å². The average molecular weight is 331 g/mol. The Morgan fingerprint density at radius 1 is 1.00 bits per heavy atom. The van der Waals surface area contributed by atoms with E-state index in [1.807, 2.05) is 31.2 Å². The second kappa shape index (κ2) is 5.99. The molecule has 0 aromatic heterocycles. The van der Waals surface area contributed by atoms with Gasteiger partial charge in [-0.15, -0.1) is 0 Å². The molecule has 0 unspecified atom stereocenters. The summed E-state index contributed by atoms with van der Waals surface area (Å²) in [5, 5.41) is 1.04. The molecule has 2 aromatic rings. The normalized spacial score (nSPS) is 15.9. The molecule has 0 N–H and O–H groups in total. The van der Waals surface area contributed by atoms with E-state index in [-0.39, 0.29) is 5.97 Å². The molecular weight excluding hydrogens is 319 g/mol. The number of benzene rings is 2. The summed E-state index contributed by atoms with van der Waals surface area (Å²) in [5.41, 5.74) is 3.24. The third kappa shape index (κ3) is 3.24. The van der Waals surface area contributed by atoms with Crippen LogP contribution >= 0.6 is 23.2 Å². The minimum Gasteiger partial charge on any atom is -0.422 e. The third-order valence-electron chi connectivity index (χ3n) is 3.27. The fourth-order valence-corrected chi connectivity index (χ4v) is 2.73. The lowest BCUT2D eigenvalue weighted by molar-refractivity contribution is -0.130. The summed E-state index contributed by atoms with van der Waals surface area (Å²) < 4.78 is 5.32. The van der Waals surface area contributed by atoms with Crippen molar-refractivity contribution in [2.45, 2.75) is 6.92 Å². The predicted octanol–water partition coefficient (Wildman–Crippen LogP) is 5.28. The molecule has 2 nitrogen and oxygen atoms in total. The van der Waals surface area contributed by atoms with Gasteiger partial charge in [0, 0.05) is 15.6 Å². The summed E-state index contributed by atoms with van der Waals surface area (Å²) >= 11 is 11.9. The number of aryl methyl sites for hydroxylation is 1. The Labute approximate surface area is 138 Å². The van der Waals surface area contributed by atoms with E-state index in [1.54, 1.807) is 30.4 Å². The maximum atomic E-state index is 12.0. The number of cyclic esters (lactones) is 1. The van der Waals surface area contributed by atoms with E-state index in [9.17, 15) is 4.79 Å². The van der Waals surface area contributed by atoms with Crippen molar-refractivity contribution in [1.29, 1.82) is 0 Å². The quantitative estimate of drug-likeness (QED) is 0.552. The fraction of sp³-hybridized carbons (Fsp3) is 0.0556. The van der Waals surface area contributed by atoms with Crippen molar-refractivity contribution in [2.75, 3.05) is 0 Å². The van der Waals surface area contributed by atoms with Crippen molar-refractivity contribution in [1.82, 2.24) is 0 Å². The first kappa shape index (κ1) is 14.9. The van der Waals surface area contributed by atoms with Crippen LogP contribution in [0.2, 0.25) is 10.0 Å². The number of carbonyl (C=O) groups excluding carboxylic acids is 1. The highest BCUT2D eigenvalue weighted by molar-refractivity contribution is 6.34. The monoisotopic (exact) mass is 330 g/mol. The van der Waals surface area contributed by atoms with Gasteiger partial charge in [-0.2, -0.15) is 0 Å². The van der Waals surface area contributed by atoms with Crippen LogP contribution in [-0.4, -0.2) is 5.97 Å². The van der Waals surface area contributed by atoms with Crippen LogP contribution in [0.15, 0.2) is 54.1 Å². The van der Waals surface area contributed by atoms with Crippen molar-refractivity contribution in [3.05, 3.63) is 80.8 Å². The number of halogens is 2. The van der Waals surface area contributed by atoms with Gasteiger partial charge in [0.25, 0.3) is 0 Å². The first-order chi connectivity index (χ1) is 10.5. The molecule has 1 heterocycles. The van der Waals surface area contributed by atoms with E-state index >= 15 is 0 Å². The van der Waals surface area contributed by atoms with Gasteiger partial charge in [-0.05, 0) is 42.8 Å². The molecule has 0 atom stereocenters. The van der Waals surface area contributed by atoms with E-state index in [4.69, 9.17) is 27.9 Å². The summed E-state index contributed by atoms with van der Waals surface area (Å²) in [6, 6.07) is 12.9. The van der Waals surface area contributed by atoms with Crippen LogP contribution in [0.1, 0.15) is 16.7 Å². The Morgan fingerprint density at radius 3 is 2.27 bits per heavy atom. The lowest BCUT2D eigenvalue weighted by atomic mass is 10.1. The molecule has 0 saturated carbocycles. The molecular formula is C18H12Cl2O2. The van der Waals surface area contributed by atoms with Crippen molar-refractivity contribution >= 4 is 41.0 Å². The summed E-state index contributed by atoms with van der Waals surface area (Å²) in [5.74, 6) is 0.163. The number of esters is 1. The van der Waals surface area contributed by atoms with Crippen molar-refractivity contribution < 1.29 is 9.53 Å². The Hall–Kier alpha value is -2.03. The van der Waals surface area contributed by atoms with E-state index in [1.165, 1.54) is 0 Å². The van der Waals surface area contributed by atoms with Gasteiger partial charge in [-0.3, -0.25) is 0 Å². The molecule has 110 valence electrons. The zero-order chi connectivity index (χ0) is 15.7. The van der Waals surface area contributed by atoms with Crippen LogP contribution in [0.3, 0.4) is 0 Å². The standard InChI is InChI=1S/C18H12Cl2O2/c1-11-2-4-13(5-3-11)17-9-14(18(21)22-17)6-12-7-15(19)10-16(20)8-12/h2-10H,1H3/b14-6+. The summed E-state index contributed by atoms with van der Waals surface area (Å²) in [6.07, 6.45) is 3.43. The van der Waals surface area contributed by atoms with Crippen LogP contribution in [0.4, 0.5) is 0 Å². The molecule has 0 fully saturated rings. The van der Waals surface area contributed by atoms with Crippen molar-refractivity contribution in [2.24, 2.45) is 0 Å². The van der Waals surface area contributed by atoms with Crippen molar-refractivity contribution in [3.63, 3.8) is 0 Å². The molecule has 3 rings (SSSR count).